The number of carbonyl (C=O) groups is 1. The molecule has 1 aromatic carbocycles. The van der Waals surface area contributed by atoms with Crippen LogP contribution in [0.2, 0.25) is 0 Å². The molecule has 3 rings (SSSR count). The van der Waals surface area contributed by atoms with Crippen molar-refractivity contribution in [1.82, 2.24) is 9.55 Å². The van der Waals surface area contributed by atoms with Crippen LogP contribution in [0, 0.1) is 0 Å². The van der Waals surface area contributed by atoms with Crippen molar-refractivity contribution in [2.45, 2.75) is 57.6 Å². The number of rotatable bonds is 5. The smallest absolute Gasteiger partial charge is 0.171 e. The van der Waals surface area contributed by atoms with Gasteiger partial charge in [0.1, 0.15) is 11.4 Å². The number of Topliss-reactive ketones (excluding diaryl/α,β-unsaturated/α-hetero) is 1. The number of benzene rings is 1. The number of ketones is 1. The van der Waals surface area contributed by atoms with E-state index in [1.54, 1.807) is 0 Å². The second-order valence-corrected chi connectivity index (χ2v) is 6.01. The van der Waals surface area contributed by atoms with Gasteiger partial charge in [0, 0.05) is 6.54 Å². The molecule has 1 aromatic heterocycles. The lowest BCUT2D eigenvalue weighted by molar-refractivity contribution is -0.136. The lowest BCUT2D eigenvalue weighted by atomic mass is 9.94. The number of aliphatic hydroxyl groups is 1. The molecule has 1 aliphatic carbocycles. The van der Waals surface area contributed by atoms with Gasteiger partial charge in [-0.2, -0.15) is 0 Å². The average molecular weight is 286 g/mol. The van der Waals surface area contributed by atoms with Gasteiger partial charge in [0.25, 0.3) is 0 Å². The van der Waals surface area contributed by atoms with Gasteiger partial charge in [-0.25, -0.2) is 4.98 Å². The Morgan fingerprint density at radius 3 is 2.76 bits per heavy atom. The van der Waals surface area contributed by atoms with Crippen molar-refractivity contribution in [3.8, 4) is 0 Å². The highest BCUT2D eigenvalue weighted by molar-refractivity contribution is 5.89. The molecule has 1 fully saturated rings. The summed E-state index contributed by atoms with van der Waals surface area (Å²) in [5.41, 5.74) is 0.877. The van der Waals surface area contributed by atoms with Gasteiger partial charge in [0.2, 0.25) is 0 Å². The Morgan fingerprint density at radius 1 is 1.33 bits per heavy atom. The highest BCUT2D eigenvalue weighted by Gasteiger charge is 2.38. The predicted molar refractivity (Wildman–Crippen MR) is 82.2 cm³/mol. The number of para-hydroxylation sites is 2. The number of hydrogen-bond acceptors (Lipinski definition) is 3. The number of aromatic nitrogens is 2. The molecule has 0 aliphatic heterocycles. The summed E-state index contributed by atoms with van der Waals surface area (Å²) in [6, 6.07) is 7.96. The fraction of sp³-hybridized carbons (Fsp3) is 0.529. The van der Waals surface area contributed by atoms with Crippen LogP contribution in [0.4, 0.5) is 0 Å². The molecule has 0 bridgehead atoms. The average Bonchev–Trinajstić information content (AvgIpc) is 3.06. The Balaban J connectivity index is 1.92. The molecular formula is C17H22N2O2. The van der Waals surface area contributed by atoms with Crippen LogP contribution in [-0.2, 0) is 17.8 Å². The fourth-order valence-corrected chi connectivity index (χ4v) is 3.28. The van der Waals surface area contributed by atoms with Crippen LogP contribution in [0.3, 0.4) is 0 Å². The zero-order valence-electron chi connectivity index (χ0n) is 12.5. The van der Waals surface area contributed by atoms with Gasteiger partial charge in [-0.1, -0.05) is 19.1 Å². The first-order valence-electron chi connectivity index (χ1n) is 7.84. The van der Waals surface area contributed by atoms with E-state index in [2.05, 4.69) is 16.5 Å². The molecule has 1 heterocycles. The molecule has 1 N–H and O–H groups in total. The molecule has 1 aliphatic rings. The van der Waals surface area contributed by atoms with Gasteiger partial charge < -0.3 is 9.67 Å². The highest BCUT2D eigenvalue weighted by atomic mass is 16.3. The predicted octanol–water partition coefficient (Wildman–Crippen LogP) is 2.86. The van der Waals surface area contributed by atoms with E-state index in [1.807, 2.05) is 24.3 Å². The van der Waals surface area contributed by atoms with E-state index in [0.717, 1.165) is 42.7 Å². The van der Waals surface area contributed by atoms with Gasteiger partial charge in [-0.15, -0.1) is 0 Å². The zero-order valence-corrected chi connectivity index (χ0v) is 12.5. The first kappa shape index (κ1) is 14.3. The molecular weight excluding hydrogens is 264 g/mol. The monoisotopic (exact) mass is 286 g/mol. The molecule has 4 nitrogen and oxygen atoms in total. The molecule has 1 saturated carbocycles. The summed E-state index contributed by atoms with van der Waals surface area (Å²) >= 11 is 0. The number of imidazole rings is 1. The summed E-state index contributed by atoms with van der Waals surface area (Å²) in [4.78, 5) is 17.1. The molecule has 0 atom stereocenters. The van der Waals surface area contributed by atoms with Crippen LogP contribution in [0.25, 0.3) is 11.0 Å². The maximum atomic E-state index is 12.5. The van der Waals surface area contributed by atoms with Crippen LogP contribution in [-0.4, -0.2) is 26.0 Å². The van der Waals surface area contributed by atoms with E-state index >= 15 is 0 Å². The summed E-state index contributed by atoms with van der Waals surface area (Å²) in [6.45, 7) is 2.96. The zero-order chi connectivity index (χ0) is 14.9. The Morgan fingerprint density at radius 2 is 2.05 bits per heavy atom. The van der Waals surface area contributed by atoms with Crippen molar-refractivity contribution in [1.29, 1.82) is 0 Å². The van der Waals surface area contributed by atoms with Gasteiger partial charge in [0.05, 0.1) is 17.5 Å². The Bertz CT molecular complexity index is 654. The SMILES string of the molecule is CCCn1c(CC(=O)C2(O)CCCC2)nc2ccccc21. The minimum Gasteiger partial charge on any atom is -0.382 e. The lowest BCUT2D eigenvalue weighted by Gasteiger charge is -2.20. The van der Waals surface area contributed by atoms with Crippen molar-refractivity contribution in [3.05, 3.63) is 30.1 Å². The first-order chi connectivity index (χ1) is 10.1. The van der Waals surface area contributed by atoms with Gasteiger partial charge in [-0.05, 0) is 44.2 Å². The molecule has 21 heavy (non-hydrogen) atoms. The molecule has 2 aromatic rings. The lowest BCUT2D eigenvalue weighted by Crippen LogP contribution is -2.37. The maximum Gasteiger partial charge on any atom is 0.171 e. The van der Waals surface area contributed by atoms with E-state index in [0.29, 0.717) is 12.8 Å². The molecule has 0 amide bonds. The maximum absolute atomic E-state index is 12.5. The third-order valence-electron chi connectivity index (χ3n) is 4.45. The molecule has 4 heteroatoms. The van der Waals surface area contributed by atoms with Crippen molar-refractivity contribution in [2.75, 3.05) is 0 Å². The van der Waals surface area contributed by atoms with Crippen LogP contribution in [0.5, 0.6) is 0 Å². The minimum absolute atomic E-state index is 0.0762. The number of carbonyl (C=O) groups excluding carboxylic acids is 1. The molecule has 0 unspecified atom stereocenters. The summed E-state index contributed by atoms with van der Waals surface area (Å²) in [5.74, 6) is 0.705. The van der Waals surface area contributed by atoms with Crippen molar-refractivity contribution >= 4 is 16.8 Å². The third-order valence-corrected chi connectivity index (χ3v) is 4.45. The van der Waals surface area contributed by atoms with Gasteiger partial charge >= 0.3 is 0 Å². The van der Waals surface area contributed by atoms with Crippen molar-refractivity contribution in [3.63, 3.8) is 0 Å². The summed E-state index contributed by atoms with van der Waals surface area (Å²) < 4.78 is 2.12. The Kier molecular flexibility index (Phi) is 3.81. The Hall–Kier alpha value is -1.68. The topological polar surface area (TPSA) is 55.1 Å². The molecule has 0 spiro atoms. The van der Waals surface area contributed by atoms with Crippen LogP contribution in [0.1, 0.15) is 44.9 Å². The Labute approximate surface area is 124 Å². The van der Waals surface area contributed by atoms with Crippen molar-refractivity contribution < 1.29 is 9.90 Å². The van der Waals surface area contributed by atoms with Crippen LogP contribution < -0.4 is 0 Å². The van der Waals surface area contributed by atoms with E-state index in [9.17, 15) is 9.90 Å². The van der Waals surface area contributed by atoms with Crippen LogP contribution in [0.15, 0.2) is 24.3 Å². The second kappa shape index (κ2) is 5.60. The quantitative estimate of drug-likeness (QED) is 0.919. The van der Waals surface area contributed by atoms with Gasteiger partial charge in [-0.3, -0.25) is 4.79 Å². The number of aryl methyl sites for hydroxylation is 1. The van der Waals surface area contributed by atoms with Crippen molar-refractivity contribution in [2.24, 2.45) is 0 Å². The third kappa shape index (κ3) is 2.60. The second-order valence-electron chi connectivity index (χ2n) is 6.01. The first-order valence-corrected chi connectivity index (χ1v) is 7.84. The normalized spacial score (nSPS) is 17.4. The standard InChI is InChI=1S/C17H22N2O2/c1-2-11-19-14-8-4-3-7-13(14)18-16(19)12-15(20)17(21)9-5-6-10-17/h3-4,7-8,21H,2,5-6,9-12H2,1H3. The van der Waals surface area contributed by atoms with Crippen LogP contribution >= 0.6 is 0 Å². The summed E-state index contributed by atoms with van der Waals surface area (Å²) in [5, 5.41) is 10.4. The highest BCUT2D eigenvalue weighted by Crippen LogP contribution is 2.31. The van der Waals surface area contributed by atoms with E-state index in [1.165, 1.54) is 0 Å². The van der Waals surface area contributed by atoms with E-state index < -0.39 is 5.60 Å². The minimum atomic E-state index is -1.12. The number of nitrogens with zero attached hydrogens (tertiary/aromatic N) is 2. The summed E-state index contributed by atoms with van der Waals surface area (Å²) in [6.07, 6.45) is 4.29. The summed E-state index contributed by atoms with van der Waals surface area (Å²) in [7, 11) is 0. The largest absolute Gasteiger partial charge is 0.382 e. The van der Waals surface area contributed by atoms with Gasteiger partial charge in [0.15, 0.2) is 5.78 Å². The van der Waals surface area contributed by atoms with E-state index in [4.69, 9.17) is 0 Å². The number of fused-ring (bicyclic) bond motifs is 1. The molecule has 0 saturated heterocycles. The number of hydrogen-bond donors (Lipinski definition) is 1. The van der Waals surface area contributed by atoms with E-state index in [-0.39, 0.29) is 12.2 Å². The molecule has 0 radical (unpaired) electrons. The fourth-order valence-electron chi connectivity index (χ4n) is 3.28. The molecule has 112 valence electrons.